The summed E-state index contributed by atoms with van der Waals surface area (Å²) in [6, 6.07) is 5.14. The van der Waals surface area contributed by atoms with Crippen molar-refractivity contribution in [2.24, 2.45) is 5.73 Å². The Morgan fingerprint density at radius 3 is 2.85 bits per heavy atom. The fourth-order valence-corrected chi connectivity index (χ4v) is 1.33. The molecular formula is C8H7ClINO2. The molecule has 1 amide bonds. The number of ether oxygens (including phenoxy) is 1. The summed E-state index contributed by atoms with van der Waals surface area (Å²) in [7, 11) is 0. The third kappa shape index (κ3) is 3.40. The van der Waals surface area contributed by atoms with E-state index in [1.807, 2.05) is 0 Å². The van der Waals surface area contributed by atoms with Gasteiger partial charge in [-0.05, 0) is 40.8 Å². The molecule has 0 aliphatic heterocycles. The fraction of sp³-hybridized carbons (Fsp3) is 0.125. The van der Waals surface area contributed by atoms with Crippen molar-refractivity contribution >= 4 is 40.1 Å². The van der Waals surface area contributed by atoms with Gasteiger partial charge in [0.15, 0.2) is 6.61 Å². The lowest BCUT2D eigenvalue weighted by Crippen LogP contribution is -2.20. The SMILES string of the molecule is NC(=O)COc1ccc(Cl)c(I)c1. The van der Waals surface area contributed by atoms with Gasteiger partial charge in [-0.1, -0.05) is 11.6 Å². The van der Waals surface area contributed by atoms with Gasteiger partial charge in [-0.3, -0.25) is 4.79 Å². The van der Waals surface area contributed by atoms with Crippen molar-refractivity contribution in [1.82, 2.24) is 0 Å². The second-order valence-corrected chi connectivity index (χ2v) is 3.90. The summed E-state index contributed by atoms with van der Waals surface area (Å²) in [5.41, 5.74) is 4.92. The van der Waals surface area contributed by atoms with Crippen LogP contribution in [0.4, 0.5) is 0 Å². The van der Waals surface area contributed by atoms with E-state index < -0.39 is 5.91 Å². The van der Waals surface area contributed by atoms with Crippen molar-refractivity contribution in [3.63, 3.8) is 0 Å². The first-order valence-corrected chi connectivity index (χ1v) is 4.91. The number of benzene rings is 1. The quantitative estimate of drug-likeness (QED) is 0.866. The van der Waals surface area contributed by atoms with Gasteiger partial charge in [0.2, 0.25) is 0 Å². The Kier molecular flexibility index (Phi) is 3.80. The van der Waals surface area contributed by atoms with E-state index in [-0.39, 0.29) is 6.61 Å². The molecule has 1 aromatic carbocycles. The van der Waals surface area contributed by atoms with Crippen molar-refractivity contribution in [1.29, 1.82) is 0 Å². The van der Waals surface area contributed by atoms with Gasteiger partial charge in [0.05, 0.1) is 5.02 Å². The minimum atomic E-state index is -0.495. The second-order valence-electron chi connectivity index (χ2n) is 2.33. The number of carbonyl (C=O) groups excluding carboxylic acids is 1. The maximum absolute atomic E-state index is 10.4. The van der Waals surface area contributed by atoms with Crippen molar-refractivity contribution < 1.29 is 9.53 Å². The smallest absolute Gasteiger partial charge is 0.255 e. The van der Waals surface area contributed by atoms with E-state index in [0.29, 0.717) is 10.8 Å². The molecule has 0 unspecified atom stereocenters. The van der Waals surface area contributed by atoms with Gasteiger partial charge >= 0.3 is 0 Å². The summed E-state index contributed by atoms with van der Waals surface area (Å²) in [4.78, 5) is 10.4. The lowest BCUT2D eigenvalue weighted by molar-refractivity contribution is -0.119. The van der Waals surface area contributed by atoms with Gasteiger partial charge in [0, 0.05) is 3.57 Å². The van der Waals surface area contributed by atoms with Crippen molar-refractivity contribution in [2.45, 2.75) is 0 Å². The van der Waals surface area contributed by atoms with Crippen molar-refractivity contribution in [3.05, 3.63) is 26.8 Å². The van der Waals surface area contributed by atoms with E-state index in [2.05, 4.69) is 22.6 Å². The van der Waals surface area contributed by atoms with Crippen LogP contribution >= 0.6 is 34.2 Å². The minimum absolute atomic E-state index is 0.113. The van der Waals surface area contributed by atoms with E-state index in [1.54, 1.807) is 18.2 Å². The molecule has 0 heterocycles. The minimum Gasteiger partial charge on any atom is -0.484 e. The molecule has 0 radical (unpaired) electrons. The first kappa shape index (κ1) is 10.6. The molecule has 0 aliphatic carbocycles. The topological polar surface area (TPSA) is 52.3 Å². The number of primary amides is 1. The highest BCUT2D eigenvalue weighted by atomic mass is 127. The fourth-order valence-electron chi connectivity index (χ4n) is 0.721. The summed E-state index contributed by atoms with van der Waals surface area (Å²) in [6.45, 7) is -0.113. The maximum Gasteiger partial charge on any atom is 0.255 e. The molecule has 0 aromatic heterocycles. The molecule has 0 fully saturated rings. The molecule has 5 heteroatoms. The summed E-state index contributed by atoms with van der Waals surface area (Å²) in [5.74, 6) is 0.0950. The predicted octanol–water partition coefficient (Wildman–Crippen LogP) is 1.81. The maximum atomic E-state index is 10.4. The third-order valence-corrected chi connectivity index (χ3v) is 2.81. The van der Waals surface area contributed by atoms with Gasteiger partial charge in [0.25, 0.3) is 5.91 Å². The van der Waals surface area contributed by atoms with Crippen LogP contribution in [-0.2, 0) is 4.79 Å². The average Bonchev–Trinajstić information content (AvgIpc) is 2.07. The van der Waals surface area contributed by atoms with Crippen molar-refractivity contribution in [2.75, 3.05) is 6.61 Å². The van der Waals surface area contributed by atoms with Crippen LogP contribution in [0.15, 0.2) is 18.2 Å². The van der Waals surface area contributed by atoms with Crippen LogP contribution < -0.4 is 10.5 Å². The second kappa shape index (κ2) is 4.66. The van der Waals surface area contributed by atoms with Crippen LogP contribution in [0.25, 0.3) is 0 Å². The van der Waals surface area contributed by atoms with Crippen LogP contribution in [0.2, 0.25) is 5.02 Å². The van der Waals surface area contributed by atoms with Gasteiger partial charge in [0.1, 0.15) is 5.75 Å². The molecular weight excluding hydrogens is 304 g/mol. The van der Waals surface area contributed by atoms with Gasteiger partial charge in [-0.25, -0.2) is 0 Å². The molecule has 3 nitrogen and oxygen atoms in total. The number of nitrogens with two attached hydrogens (primary N) is 1. The Morgan fingerprint density at radius 1 is 1.62 bits per heavy atom. The van der Waals surface area contributed by atoms with Crippen LogP contribution in [0, 0.1) is 3.57 Å². The lowest BCUT2D eigenvalue weighted by atomic mass is 10.3. The Hall–Kier alpha value is -0.490. The standard InChI is InChI=1S/C8H7ClINO2/c9-6-2-1-5(3-7(6)10)13-4-8(11)12/h1-3H,4H2,(H2,11,12). The third-order valence-electron chi connectivity index (χ3n) is 1.27. The van der Waals surface area contributed by atoms with Crippen LogP contribution in [0.3, 0.4) is 0 Å². The molecule has 1 rings (SSSR count). The highest BCUT2D eigenvalue weighted by Gasteiger charge is 2.00. The van der Waals surface area contributed by atoms with E-state index in [9.17, 15) is 4.79 Å². The normalized spacial score (nSPS) is 9.69. The summed E-state index contributed by atoms with van der Waals surface area (Å²) < 4.78 is 5.94. The summed E-state index contributed by atoms with van der Waals surface area (Å²) >= 11 is 7.87. The van der Waals surface area contributed by atoms with Crippen LogP contribution in [-0.4, -0.2) is 12.5 Å². The zero-order valence-corrected chi connectivity index (χ0v) is 9.50. The molecule has 0 saturated heterocycles. The number of halogens is 2. The largest absolute Gasteiger partial charge is 0.484 e. The Balaban J connectivity index is 2.68. The number of amides is 1. The number of rotatable bonds is 3. The Morgan fingerprint density at radius 2 is 2.31 bits per heavy atom. The zero-order valence-electron chi connectivity index (χ0n) is 6.59. The van der Waals surface area contributed by atoms with E-state index in [1.165, 1.54) is 0 Å². The van der Waals surface area contributed by atoms with E-state index >= 15 is 0 Å². The van der Waals surface area contributed by atoms with Crippen LogP contribution in [0.5, 0.6) is 5.75 Å². The summed E-state index contributed by atoms with van der Waals surface area (Å²) in [6.07, 6.45) is 0. The zero-order chi connectivity index (χ0) is 9.84. The first-order chi connectivity index (χ1) is 6.09. The number of carbonyl (C=O) groups is 1. The highest BCUT2D eigenvalue weighted by Crippen LogP contribution is 2.23. The molecule has 0 saturated carbocycles. The first-order valence-electron chi connectivity index (χ1n) is 3.46. The molecule has 13 heavy (non-hydrogen) atoms. The molecule has 2 N–H and O–H groups in total. The van der Waals surface area contributed by atoms with Gasteiger partial charge in [-0.15, -0.1) is 0 Å². The Bertz CT molecular complexity index is 330. The van der Waals surface area contributed by atoms with E-state index in [0.717, 1.165) is 3.57 Å². The molecule has 0 aliphatic rings. The lowest BCUT2D eigenvalue weighted by Gasteiger charge is -2.04. The molecule has 1 aromatic rings. The predicted molar refractivity (Wildman–Crippen MR) is 58.9 cm³/mol. The van der Waals surface area contributed by atoms with Gasteiger partial charge < -0.3 is 10.5 Å². The summed E-state index contributed by atoms with van der Waals surface area (Å²) in [5, 5.41) is 0.659. The molecule has 0 bridgehead atoms. The van der Waals surface area contributed by atoms with Crippen LogP contribution in [0.1, 0.15) is 0 Å². The number of hydrogen-bond donors (Lipinski definition) is 1. The van der Waals surface area contributed by atoms with Gasteiger partial charge in [-0.2, -0.15) is 0 Å². The molecule has 0 spiro atoms. The average molecular weight is 312 g/mol. The number of hydrogen-bond acceptors (Lipinski definition) is 2. The molecule has 70 valence electrons. The Labute approximate surface area is 94.3 Å². The van der Waals surface area contributed by atoms with Crippen molar-refractivity contribution in [3.8, 4) is 5.75 Å². The van der Waals surface area contributed by atoms with E-state index in [4.69, 9.17) is 22.1 Å². The molecule has 0 atom stereocenters. The highest BCUT2D eigenvalue weighted by molar-refractivity contribution is 14.1. The monoisotopic (exact) mass is 311 g/mol.